The number of hydrogen-bond acceptors (Lipinski definition) is 5. The van der Waals surface area contributed by atoms with Crippen LogP contribution in [-0.2, 0) is 0 Å². The lowest BCUT2D eigenvalue weighted by atomic mass is 9.83. The molecule has 0 saturated carbocycles. The first kappa shape index (κ1) is 12.3. The van der Waals surface area contributed by atoms with E-state index in [0.717, 1.165) is 24.5 Å². The molecule has 0 amide bonds. The van der Waals surface area contributed by atoms with Crippen molar-refractivity contribution in [2.24, 2.45) is 5.41 Å². The first-order valence-corrected chi connectivity index (χ1v) is 6.03. The fraction of sp³-hybridized carbons (Fsp3) is 0.700. The van der Waals surface area contributed by atoms with E-state index in [-0.39, 0.29) is 12.0 Å². The SMILES string of the molecule is CCC(CC)(CO)CNc1ncc(N)s1. The zero-order valence-electron chi connectivity index (χ0n) is 9.29. The van der Waals surface area contributed by atoms with Gasteiger partial charge < -0.3 is 16.2 Å². The Balaban J connectivity index is 2.54. The van der Waals surface area contributed by atoms with Gasteiger partial charge in [-0.2, -0.15) is 0 Å². The minimum atomic E-state index is -0.0412. The van der Waals surface area contributed by atoms with Crippen molar-refractivity contribution in [3.63, 3.8) is 0 Å². The molecule has 0 atom stereocenters. The Kier molecular flexibility index (Phi) is 4.35. The van der Waals surface area contributed by atoms with E-state index in [1.165, 1.54) is 11.3 Å². The molecule has 1 aromatic rings. The molecule has 4 nitrogen and oxygen atoms in total. The first-order chi connectivity index (χ1) is 7.15. The van der Waals surface area contributed by atoms with E-state index in [1.807, 2.05) is 0 Å². The Labute approximate surface area is 94.5 Å². The Bertz CT molecular complexity index is 288. The summed E-state index contributed by atoms with van der Waals surface area (Å²) in [7, 11) is 0. The molecule has 0 aliphatic carbocycles. The number of rotatable bonds is 6. The third kappa shape index (κ3) is 3.07. The van der Waals surface area contributed by atoms with E-state index in [4.69, 9.17) is 5.73 Å². The van der Waals surface area contributed by atoms with E-state index >= 15 is 0 Å². The minimum Gasteiger partial charge on any atom is -0.396 e. The molecule has 0 radical (unpaired) electrons. The number of hydrogen-bond donors (Lipinski definition) is 3. The number of thiazole rings is 1. The third-order valence-corrected chi connectivity index (χ3v) is 3.76. The summed E-state index contributed by atoms with van der Waals surface area (Å²) in [5.41, 5.74) is 5.54. The molecule has 0 unspecified atom stereocenters. The summed E-state index contributed by atoms with van der Waals surface area (Å²) in [4.78, 5) is 4.12. The quantitative estimate of drug-likeness (QED) is 0.697. The smallest absolute Gasteiger partial charge is 0.184 e. The lowest BCUT2D eigenvalue weighted by molar-refractivity contribution is 0.127. The Morgan fingerprint density at radius 3 is 2.60 bits per heavy atom. The van der Waals surface area contributed by atoms with E-state index in [9.17, 15) is 5.11 Å². The highest BCUT2D eigenvalue weighted by molar-refractivity contribution is 7.19. The van der Waals surface area contributed by atoms with Crippen LogP contribution in [0.4, 0.5) is 10.1 Å². The topological polar surface area (TPSA) is 71.2 Å². The number of nitrogens with zero attached hydrogens (tertiary/aromatic N) is 1. The fourth-order valence-electron chi connectivity index (χ4n) is 1.41. The zero-order chi connectivity index (χ0) is 11.3. The molecule has 1 heterocycles. The lowest BCUT2D eigenvalue weighted by Crippen LogP contribution is -2.32. The summed E-state index contributed by atoms with van der Waals surface area (Å²) >= 11 is 1.43. The second-order valence-electron chi connectivity index (χ2n) is 3.79. The number of aromatic nitrogens is 1. The van der Waals surface area contributed by atoms with E-state index in [0.29, 0.717) is 5.00 Å². The zero-order valence-corrected chi connectivity index (χ0v) is 10.1. The van der Waals surface area contributed by atoms with Gasteiger partial charge in [0.15, 0.2) is 5.13 Å². The van der Waals surface area contributed by atoms with Gasteiger partial charge in [-0.15, -0.1) is 0 Å². The number of anilines is 2. The van der Waals surface area contributed by atoms with Gasteiger partial charge in [0.05, 0.1) is 12.8 Å². The molecule has 1 rings (SSSR count). The van der Waals surface area contributed by atoms with E-state index < -0.39 is 0 Å². The molecule has 5 heteroatoms. The summed E-state index contributed by atoms with van der Waals surface area (Å²) in [5.74, 6) is 0. The lowest BCUT2D eigenvalue weighted by Gasteiger charge is -2.29. The Hall–Kier alpha value is -0.810. The van der Waals surface area contributed by atoms with Gasteiger partial charge >= 0.3 is 0 Å². The van der Waals surface area contributed by atoms with Crippen LogP contribution in [0.5, 0.6) is 0 Å². The second kappa shape index (κ2) is 5.32. The summed E-state index contributed by atoms with van der Waals surface area (Å²) in [6.07, 6.45) is 3.55. The van der Waals surface area contributed by atoms with Crippen LogP contribution in [0.3, 0.4) is 0 Å². The van der Waals surface area contributed by atoms with Crippen LogP contribution in [0.15, 0.2) is 6.20 Å². The van der Waals surface area contributed by atoms with Gasteiger partial charge in [0.1, 0.15) is 5.00 Å². The first-order valence-electron chi connectivity index (χ1n) is 5.22. The van der Waals surface area contributed by atoms with Crippen molar-refractivity contribution < 1.29 is 5.11 Å². The van der Waals surface area contributed by atoms with Crippen molar-refractivity contribution in [2.45, 2.75) is 26.7 Å². The minimum absolute atomic E-state index is 0.0412. The average molecular weight is 229 g/mol. The van der Waals surface area contributed by atoms with Crippen LogP contribution in [0, 0.1) is 5.41 Å². The number of nitrogens with two attached hydrogens (primary N) is 1. The molecule has 0 aromatic carbocycles. The highest BCUT2D eigenvalue weighted by atomic mass is 32.1. The summed E-state index contributed by atoms with van der Waals surface area (Å²) < 4.78 is 0. The summed E-state index contributed by atoms with van der Waals surface area (Å²) in [6.45, 7) is 5.13. The number of nitrogen functional groups attached to an aromatic ring is 1. The molecule has 0 aliphatic heterocycles. The number of nitrogens with one attached hydrogen (secondary N) is 1. The maximum Gasteiger partial charge on any atom is 0.184 e. The summed E-state index contributed by atoms with van der Waals surface area (Å²) in [6, 6.07) is 0. The standard InChI is InChI=1S/C10H19N3OS/c1-3-10(4-2,7-14)6-13-9-12-5-8(11)15-9/h5,14H,3-4,6-7,11H2,1-2H3,(H,12,13). The van der Waals surface area contributed by atoms with Gasteiger partial charge in [-0.05, 0) is 12.8 Å². The Morgan fingerprint density at radius 1 is 1.53 bits per heavy atom. The van der Waals surface area contributed by atoms with Crippen LogP contribution < -0.4 is 11.1 Å². The van der Waals surface area contributed by atoms with Gasteiger partial charge in [-0.3, -0.25) is 0 Å². The molecule has 0 bridgehead atoms. The number of aliphatic hydroxyl groups is 1. The van der Waals surface area contributed by atoms with Crippen molar-refractivity contribution in [2.75, 3.05) is 24.2 Å². The molecular formula is C10H19N3OS. The molecule has 0 saturated heterocycles. The molecule has 1 aromatic heterocycles. The normalized spacial score (nSPS) is 11.7. The van der Waals surface area contributed by atoms with Crippen molar-refractivity contribution in [3.8, 4) is 0 Å². The largest absolute Gasteiger partial charge is 0.396 e. The molecule has 0 fully saturated rings. The van der Waals surface area contributed by atoms with Crippen LogP contribution in [-0.4, -0.2) is 23.2 Å². The van der Waals surface area contributed by atoms with E-state index in [2.05, 4.69) is 24.1 Å². The van der Waals surface area contributed by atoms with Gasteiger partial charge in [0.2, 0.25) is 0 Å². The maximum absolute atomic E-state index is 9.38. The van der Waals surface area contributed by atoms with Gasteiger partial charge in [0, 0.05) is 12.0 Å². The van der Waals surface area contributed by atoms with Gasteiger partial charge in [0.25, 0.3) is 0 Å². The number of aliphatic hydroxyl groups excluding tert-OH is 1. The molecule has 0 aliphatic rings. The van der Waals surface area contributed by atoms with Crippen molar-refractivity contribution in [3.05, 3.63) is 6.20 Å². The van der Waals surface area contributed by atoms with Gasteiger partial charge in [-0.1, -0.05) is 25.2 Å². The van der Waals surface area contributed by atoms with Crippen LogP contribution in [0.1, 0.15) is 26.7 Å². The summed E-state index contributed by atoms with van der Waals surface area (Å²) in [5, 5.41) is 14.1. The second-order valence-corrected chi connectivity index (χ2v) is 4.85. The monoisotopic (exact) mass is 229 g/mol. The predicted octanol–water partition coefficient (Wildman–Crippen LogP) is 1.94. The highest BCUT2D eigenvalue weighted by Gasteiger charge is 2.25. The van der Waals surface area contributed by atoms with Crippen molar-refractivity contribution >= 4 is 21.5 Å². The van der Waals surface area contributed by atoms with Crippen molar-refractivity contribution in [1.82, 2.24) is 4.98 Å². The van der Waals surface area contributed by atoms with Crippen molar-refractivity contribution in [1.29, 1.82) is 0 Å². The predicted molar refractivity (Wildman–Crippen MR) is 65.1 cm³/mol. The molecule has 15 heavy (non-hydrogen) atoms. The average Bonchev–Trinajstić information content (AvgIpc) is 2.67. The molecular weight excluding hydrogens is 210 g/mol. The van der Waals surface area contributed by atoms with Crippen LogP contribution >= 0.6 is 11.3 Å². The maximum atomic E-state index is 9.38. The third-order valence-electron chi connectivity index (χ3n) is 2.97. The molecule has 86 valence electrons. The molecule has 0 spiro atoms. The van der Waals surface area contributed by atoms with E-state index in [1.54, 1.807) is 6.20 Å². The highest BCUT2D eigenvalue weighted by Crippen LogP contribution is 2.27. The van der Waals surface area contributed by atoms with Gasteiger partial charge in [-0.25, -0.2) is 4.98 Å². The van der Waals surface area contributed by atoms with Crippen LogP contribution in [0.2, 0.25) is 0 Å². The Morgan fingerprint density at radius 2 is 2.20 bits per heavy atom. The fourth-order valence-corrected chi connectivity index (χ4v) is 1.99. The van der Waals surface area contributed by atoms with Crippen LogP contribution in [0.25, 0.3) is 0 Å². The molecule has 4 N–H and O–H groups in total.